The van der Waals surface area contributed by atoms with Crippen LogP contribution in [-0.4, -0.2) is 33.7 Å². The summed E-state index contributed by atoms with van der Waals surface area (Å²) in [6.07, 6.45) is 5.98. The van der Waals surface area contributed by atoms with Crippen molar-refractivity contribution < 1.29 is 4.42 Å². The molecule has 0 fully saturated rings. The molecule has 4 heterocycles. The zero-order chi connectivity index (χ0) is 19.8. The lowest BCUT2D eigenvalue weighted by Gasteiger charge is -2.28. The molecule has 0 N–H and O–H groups in total. The van der Waals surface area contributed by atoms with E-state index in [2.05, 4.69) is 14.9 Å². The molecule has 29 heavy (non-hydrogen) atoms. The molecule has 1 aromatic carbocycles. The molecule has 2 aromatic heterocycles. The number of hydrogen-bond acceptors (Lipinski definition) is 6. The summed E-state index contributed by atoms with van der Waals surface area (Å²) in [7, 11) is 0. The van der Waals surface area contributed by atoms with Gasteiger partial charge in [-0.05, 0) is 31.4 Å². The average Bonchev–Trinajstić information content (AvgIpc) is 2.77. The van der Waals surface area contributed by atoms with Gasteiger partial charge >= 0.3 is 5.63 Å². The first-order chi connectivity index (χ1) is 14.2. The molecule has 5 rings (SSSR count). The lowest BCUT2D eigenvalue weighted by molar-refractivity contribution is 0.240. The zero-order valence-corrected chi connectivity index (χ0v) is 16.8. The Labute approximate surface area is 173 Å². The van der Waals surface area contributed by atoms with Gasteiger partial charge in [-0.15, -0.1) is 0 Å². The molecular formula is C22H21ClN4O2. The van der Waals surface area contributed by atoms with Crippen LogP contribution in [0.4, 0.5) is 0 Å². The van der Waals surface area contributed by atoms with Crippen LogP contribution >= 0.6 is 11.6 Å². The standard InChI is InChI=1S/C22H21ClN4O2/c23-20-15-5-1-2-7-19(15)29-22(28)16(20)13-27-10-8-17-14(12-27)11-25-21(26-17)18-6-3-4-9-24-18/h1-2,5,7,11H,3-4,6,8-10,12-13H2. The van der Waals surface area contributed by atoms with Gasteiger partial charge < -0.3 is 4.42 Å². The van der Waals surface area contributed by atoms with Gasteiger partial charge in [0.25, 0.3) is 0 Å². The van der Waals surface area contributed by atoms with E-state index in [0.717, 1.165) is 67.0 Å². The highest BCUT2D eigenvalue weighted by Crippen LogP contribution is 2.27. The molecule has 0 aliphatic carbocycles. The molecule has 0 radical (unpaired) electrons. The van der Waals surface area contributed by atoms with E-state index in [1.807, 2.05) is 24.4 Å². The predicted octanol–water partition coefficient (Wildman–Crippen LogP) is 3.77. The number of nitrogens with zero attached hydrogens (tertiary/aromatic N) is 4. The lowest BCUT2D eigenvalue weighted by Crippen LogP contribution is -2.33. The minimum absolute atomic E-state index is 0.374. The summed E-state index contributed by atoms with van der Waals surface area (Å²) in [6, 6.07) is 7.35. The summed E-state index contributed by atoms with van der Waals surface area (Å²) in [6.45, 7) is 2.81. The van der Waals surface area contributed by atoms with E-state index in [0.29, 0.717) is 29.3 Å². The molecule has 0 unspecified atom stereocenters. The Kier molecular flexibility index (Phi) is 4.89. The van der Waals surface area contributed by atoms with Crippen molar-refractivity contribution >= 4 is 28.3 Å². The van der Waals surface area contributed by atoms with E-state index >= 15 is 0 Å². The van der Waals surface area contributed by atoms with Gasteiger partial charge in [-0.1, -0.05) is 23.7 Å². The van der Waals surface area contributed by atoms with E-state index in [-0.39, 0.29) is 5.63 Å². The molecule has 0 bridgehead atoms. The smallest absolute Gasteiger partial charge is 0.342 e. The number of halogens is 1. The Morgan fingerprint density at radius 1 is 1.17 bits per heavy atom. The second-order valence-corrected chi connectivity index (χ2v) is 7.97. The quantitative estimate of drug-likeness (QED) is 0.617. The van der Waals surface area contributed by atoms with Crippen LogP contribution < -0.4 is 5.63 Å². The number of aromatic nitrogens is 2. The predicted molar refractivity (Wildman–Crippen MR) is 113 cm³/mol. The molecular weight excluding hydrogens is 388 g/mol. The van der Waals surface area contributed by atoms with Crippen molar-refractivity contribution in [1.29, 1.82) is 0 Å². The fourth-order valence-electron chi connectivity index (χ4n) is 4.04. The molecule has 7 heteroatoms. The summed E-state index contributed by atoms with van der Waals surface area (Å²) < 4.78 is 5.46. The van der Waals surface area contributed by atoms with Crippen molar-refractivity contribution in [1.82, 2.24) is 14.9 Å². The summed E-state index contributed by atoms with van der Waals surface area (Å²) in [5.74, 6) is 0.773. The molecule has 2 aliphatic rings. The maximum atomic E-state index is 12.5. The second-order valence-electron chi connectivity index (χ2n) is 7.59. The van der Waals surface area contributed by atoms with Crippen molar-refractivity contribution in [2.24, 2.45) is 4.99 Å². The molecule has 2 aliphatic heterocycles. The highest BCUT2D eigenvalue weighted by Gasteiger charge is 2.23. The zero-order valence-electron chi connectivity index (χ0n) is 16.0. The monoisotopic (exact) mass is 408 g/mol. The fourth-order valence-corrected chi connectivity index (χ4v) is 4.33. The van der Waals surface area contributed by atoms with Gasteiger partial charge in [-0.3, -0.25) is 9.89 Å². The lowest BCUT2D eigenvalue weighted by atomic mass is 10.0. The van der Waals surface area contributed by atoms with Crippen LogP contribution in [0.2, 0.25) is 5.02 Å². The molecule has 6 nitrogen and oxygen atoms in total. The third-order valence-electron chi connectivity index (χ3n) is 5.61. The third kappa shape index (κ3) is 3.58. The summed E-state index contributed by atoms with van der Waals surface area (Å²) in [4.78, 5) is 28.6. The Hall–Kier alpha value is -2.57. The topological polar surface area (TPSA) is 71.6 Å². The normalized spacial score (nSPS) is 17.2. The SMILES string of the molecule is O=c1oc2ccccc2c(Cl)c1CN1CCc2nc(C3=NCCCC3)ncc2C1. The minimum atomic E-state index is -0.374. The summed E-state index contributed by atoms with van der Waals surface area (Å²) in [5, 5.41) is 1.24. The second kappa shape index (κ2) is 7.69. The summed E-state index contributed by atoms with van der Waals surface area (Å²) in [5.41, 5.74) is 3.85. The number of hydrogen-bond donors (Lipinski definition) is 0. The number of rotatable bonds is 3. The van der Waals surface area contributed by atoms with Crippen molar-refractivity contribution in [3.8, 4) is 0 Å². The molecule has 0 atom stereocenters. The number of fused-ring (bicyclic) bond motifs is 2. The Morgan fingerprint density at radius 3 is 2.93 bits per heavy atom. The highest BCUT2D eigenvalue weighted by atomic mass is 35.5. The first-order valence-corrected chi connectivity index (χ1v) is 10.4. The van der Waals surface area contributed by atoms with Crippen LogP contribution in [0.25, 0.3) is 11.0 Å². The van der Waals surface area contributed by atoms with E-state index in [4.69, 9.17) is 21.0 Å². The maximum absolute atomic E-state index is 12.5. The molecule has 0 spiro atoms. The molecule has 0 amide bonds. The Bertz CT molecular complexity index is 1170. The van der Waals surface area contributed by atoms with Crippen LogP contribution in [0, 0.1) is 0 Å². The van der Waals surface area contributed by atoms with Gasteiger partial charge in [0.1, 0.15) is 5.58 Å². The molecule has 148 valence electrons. The number of para-hydroxylation sites is 1. The van der Waals surface area contributed by atoms with E-state index < -0.39 is 0 Å². The van der Waals surface area contributed by atoms with Crippen LogP contribution in [0.3, 0.4) is 0 Å². The molecule has 0 saturated carbocycles. The van der Waals surface area contributed by atoms with E-state index in [9.17, 15) is 4.79 Å². The molecule has 0 saturated heterocycles. The highest BCUT2D eigenvalue weighted by molar-refractivity contribution is 6.35. The van der Waals surface area contributed by atoms with Crippen LogP contribution in [0.15, 0.2) is 44.7 Å². The van der Waals surface area contributed by atoms with Crippen LogP contribution in [0.5, 0.6) is 0 Å². The summed E-state index contributed by atoms with van der Waals surface area (Å²) >= 11 is 6.55. The van der Waals surface area contributed by atoms with Crippen molar-refractivity contribution in [2.75, 3.05) is 13.1 Å². The van der Waals surface area contributed by atoms with E-state index in [1.165, 1.54) is 0 Å². The van der Waals surface area contributed by atoms with Gasteiger partial charge in [0, 0.05) is 49.7 Å². The van der Waals surface area contributed by atoms with Gasteiger partial charge in [-0.25, -0.2) is 14.8 Å². The first kappa shape index (κ1) is 18.5. The third-order valence-corrected chi connectivity index (χ3v) is 6.05. The van der Waals surface area contributed by atoms with Crippen molar-refractivity contribution in [3.63, 3.8) is 0 Å². The maximum Gasteiger partial charge on any atom is 0.342 e. The van der Waals surface area contributed by atoms with Gasteiger partial charge in [-0.2, -0.15) is 0 Å². The van der Waals surface area contributed by atoms with Crippen molar-refractivity contribution in [3.05, 3.63) is 68.6 Å². The van der Waals surface area contributed by atoms with Crippen LogP contribution in [-0.2, 0) is 19.5 Å². The van der Waals surface area contributed by atoms with E-state index in [1.54, 1.807) is 6.07 Å². The first-order valence-electron chi connectivity index (χ1n) is 10.00. The molecule has 3 aromatic rings. The van der Waals surface area contributed by atoms with Gasteiger partial charge in [0.15, 0.2) is 5.82 Å². The largest absolute Gasteiger partial charge is 0.422 e. The van der Waals surface area contributed by atoms with Crippen molar-refractivity contribution in [2.45, 2.75) is 38.8 Å². The number of benzene rings is 1. The minimum Gasteiger partial charge on any atom is -0.422 e. The van der Waals surface area contributed by atoms with Crippen LogP contribution in [0.1, 0.15) is 41.9 Å². The average molecular weight is 409 g/mol. The van der Waals surface area contributed by atoms with Gasteiger partial charge in [0.05, 0.1) is 22.0 Å². The van der Waals surface area contributed by atoms with Gasteiger partial charge in [0.2, 0.25) is 0 Å². The Morgan fingerprint density at radius 2 is 2.07 bits per heavy atom. The number of aliphatic imine (C=N–C) groups is 1. The Balaban J connectivity index is 1.38. The fraction of sp³-hybridized carbons (Fsp3) is 0.364.